The van der Waals surface area contributed by atoms with Gasteiger partial charge in [0, 0.05) is 26.1 Å². The van der Waals surface area contributed by atoms with Crippen LogP contribution in [0.15, 0.2) is 24.3 Å². The molecule has 0 aliphatic carbocycles. The minimum Gasteiger partial charge on any atom is -0.490 e. The Hall–Kier alpha value is -2.06. The number of carbonyl (C=O) groups is 1. The second-order valence-corrected chi connectivity index (χ2v) is 7.21. The summed E-state index contributed by atoms with van der Waals surface area (Å²) in [5, 5.41) is 11.8. The zero-order valence-corrected chi connectivity index (χ0v) is 14.8. The van der Waals surface area contributed by atoms with Crippen molar-refractivity contribution in [2.45, 2.75) is 45.8 Å². The van der Waals surface area contributed by atoms with Gasteiger partial charge in [-0.3, -0.25) is 4.79 Å². The average Bonchev–Trinajstić information content (AvgIpc) is 2.56. The minimum atomic E-state index is -0.629. The Kier molecular flexibility index (Phi) is 6.22. The zero-order valence-electron chi connectivity index (χ0n) is 14.8. The molecule has 1 aliphatic rings. The molecule has 5 nitrogen and oxygen atoms in total. The Bertz CT molecular complexity index is 582. The van der Waals surface area contributed by atoms with Gasteiger partial charge in [-0.2, -0.15) is 5.26 Å². The van der Waals surface area contributed by atoms with Gasteiger partial charge in [-0.15, -0.1) is 0 Å². The van der Waals surface area contributed by atoms with Crippen LogP contribution in [0.1, 0.15) is 38.7 Å². The highest BCUT2D eigenvalue weighted by Gasteiger charge is 2.21. The highest BCUT2D eigenvalue weighted by Crippen LogP contribution is 2.20. The summed E-state index contributed by atoms with van der Waals surface area (Å²) in [5.41, 5.74) is 0.393. The normalized spacial score (nSPS) is 16.4. The van der Waals surface area contributed by atoms with Crippen LogP contribution in [0.4, 0.5) is 0 Å². The topological polar surface area (TPSA) is 65.4 Å². The lowest BCUT2D eigenvalue weighted by Crippen LogP contribution is -2.35. The predicted octanol–water partition coefficient (Wildman–Crippen LogP) is 2.72. The molecule has 1 aromatic carbocycles. The third-order valence-electron chi connectivity index (χ3n) is 4.29. The summed E-state index contributed by atoms with van der Waals surface area (Å²) in [6, 6.07) is 10.00. The second kappa shape index (κ2) is 8.16. The molecular formula is C19H27N3O2. The monoisotopic (exact) mass is 329 g/mol. The highest BCUT2D eigenvalue weighted by atomic mass is 16.5. The van der Waals surface area contributed by atoms with E-state index in [1.54, 1.807) is 13.8 Å². The highest BCUT2D eigenvalue weighted by molar-refractivity contribution is 5.77. The summed E-state index contributed by atoms with van der Waals surface area (Å²) < 4.78 is 6.01. The largest absolute Gasteiger partial charge is 0.490 e. The lowest BCUT2D eigenvalue weighted by Gasteiger charge is -2.29. The number of nitrogens with zero attached hydrogens (tertiary/aromatic N) is 2. The molecule has 130 valence electrons. The maximum Gasteiger partial charge on any atom is 0.221 e. The number of hydrogen-bond acceptors (Lipinski definition) is 4. The molecule has 5 heteroatoms. The SMILES string of the molecule is CN1CCC(Oc2ccc(CNC(=O)CC(C)(C)C#N)cc2)CC1. The van der Waals surface area contributed by atoms with Crippen molar-refractivity contribution in [2.24, 2.45) is 5.41 Å². The van der Waals surface area contributed by atoms with E-state index in [0.717, 1.165) is 37.2 Å². The van der Waals surface area contributed by atoms with E-state index in [0.29, 0.717) is 12.6 Å². The Morgan fingerprint density at radius 3 is 2.54 bits per heavy atom. The van der Waals surface area contributed by atoms with Gasteiger partial charge in [0.05, 0.1) is 11.5 Å². The molecule has 1 saturated heterocycles. The lowest BCUT2D eigenvalue weighted by atomic mass is 9.91. The Morgan fingerprint density at radius 1 is 1.33 bits per heavy atom. The average molecular weight is 329 g/mol. The summed E-state index contributed by atoms with van der Waals surface area (Å²) in [4.78, 5) is 14.2. The van der Waals surface area contributed by atoms with Crippen molar-refractivity contribution in [2.75, 3.05) is 20.1 Å². The maximum absolute atomic E-state index is 11.9. The predicted molar refractivity (Wildman–Crippen MR) is 93.4 cm³/mol. The molecular weight excluding hydrogens is 302 g/mol. The van der Waals surface area contributed by atoms with Crippen LogP contribution in [0.25, 0.3) is 0 Å². The molecule has 1 aliphatic heterocycles. The molecule has 0 aromatic heterocycles. The summed E-state index contributed by atoms with van der Waals surface area (Å²) in [5.74, 6) is 0.776. The second-order valence-electron chi connectivity index (χ2n) is 7.21. The van der Waals surface area contributed by atoms with E-state index in [1.165, 1.54) is 0 Å². The fourth-order valence-electron chi connectivity index (χ4n) is 2.69. The smallest absolute Gasteiger partial charge is 0.221 e. The third-order valence-corrected chi connectivity index (χ3v) is 4.29. The third kappa shape index (κ3) is 5.86. The first-order valence-corrected chi connectivity index (χ1v) is 8.50. The van der Waals surface area contributed by atoms with Gasteiger partial charge in [0.15, 0.2) is 0 Å². The van der Waals surface area contributed by atoms with Crippen molar-refractivity contribution in [1.82, 2.24) is 10.2 Å². The number of rotatable bonds is 6. The molecule has 2 rings (SSSR count). The quantitative estimate of drug-likeness (QED) is 0.871. The minimum absolute atomic E-state index is 0.104. The van der Waals surface area contributed by atoms with Gasteiger partial charge in [0.25, 0.3) is 0 Å². The van der Waals surface area contributed by atoms with E-state index < -0.39 is 5.41 Å². The van der Waals surface area contributed by atoms with Crippen molar-refractivity contribution in [3.8, 4) is 11.8 Å². The Balaban J connectivity index is 1.78. The van der Waals surface area contributed by atoms with Gasteiger partial charge in [-0.25, -0.2) is 0 Å². The van der Waals surface area contributed by atoms with Crippen molar-refractivity contribution in [3.05, 3.63) is 29.8 Å². The van der Waals surface area contributed by atoms with Gasteiger partial charge < -0.3 is 15.0 Å². The molecule has 0 bridgehead atoms. The van der Waals surface area contributed by atoms with Crippen LogP contribution in [0.3, 0.4) is 0 Å². The zero-order chi connectivity index (χ0) is 17.6. The van der Waals surface area contributed by atoms with Gasteiger partial charge >= 0.3 is 0 Å². The van der Waals surface area contributed by atoms with Crippen LogP contribution in [0.5, 0.6) is 5.75 Å². The Labute approximate surface area is 144 Å². The number of hydrogen-bond donors (Lipinski definition) is 1. The van der Waals surface area contributed by atoms with Crippen molar-refractivity contribution < 1.29 is 9.53 Å². The summed E-state index contributed by atoms with van der Waals surface area (Å²) in [6.07, 6.45) is 2.62. The van der Waals surface area contributed by atoms with Crippen LogP contribution in [0, 0.1) is 16.7 Å². The molecule has 1 fully saturated rings. The van der Waals surface area contributed by atoms with Crippen molar-refractivity contribution in [1.29, 1.82) is 5.26 Å². The van der Waals surface area contributed by atoms with Crippen LogP contribution in [0.2, 0.25) is 0 Å². The molecule has 0 spiro atoms. The molecule has 24 heavy (non-hydrogen) atoms. The fraction of sp³-hybridized carbons (Fsp3) is 0.579. The standard InChI is InChI=1S/C19H27N3O2/c1-19(2,14-20)12-18(23)21-13-15-4-6-16(7-5-15)24-17-8-10-22(3)11-9-17/h4-7,17H,8-13H2,1-3H3,(H,21,23). The summed E-state index contributed by atoms with van der Waals surface area (Å²) >= 11 is 0. The van der Waals surface area contributed by atoms with Crippen molar-refractivity contribution in [3.63, 3.8) is 0 Å². The number of likely N-dealkylation sites (tertiary alicyclic amines) is 1. The van der Waals surface area contributed by atoms with E-state index >= 15 is 0 Å². The van der Waals surface area contributed by atoms with Crippen LogP contribution < -0.4 is 10.1 Å². The number of carbonyl (C=O) groups excluding carboxylic acids is 1. The van der Waals surface area contributed by atoms with Crippen LogP contribution >= 0.6 is 0 Å². The molecule has 0 saturated carbocycles. The molecule has 1 heterocycles. The summed E-state index contributed by atoms with van der Waals surface area (Å²) in [7, 11) is 2.14. The Morgan fingerprint density at radius 2 is 1.96 bits per heavy atom. The number of nitriles is 1. The molecule has 1 amide bonds. The number of amides is 1. The van der Waals surface area contributed by atoms with Gasteiger partial charge in [0.1, 0.15) is 11.9 Å². The van der Waals surface area contributed by atoms with E-state index in [1.807, 2.05) is 24.3 Å². The van der Waals surface area contributed by atoms with E-state index in [-0.39, 0.29) is 12.3 Å². The van der Waals surface area contributed by atoms with E-state index in [4.69, 9.17) is 10.00 Å². The van der Waals surface area contributed by atoms with Crippen LogP contribution in [-0.4, -0.2) is 37.0 Å². The number of ether oxygens (including phenoxy) is 1. The molecule has 0 radical (unpaired) electrons. The first-order chi connectivity index (χ1) is 11.4. The molecule has 0 unspecified atom stereocenters. The molecule has 1 aromatic rings. The molecule has 0 atom stereocenters. The van der Waals surface area contributed by atoms with E-state index in [9.17, 15) is 4.79 Å². The number of piperidine rings is 1. The maximum atomic E-state index is 11.9. The lowest BCUT2D eigenvalue weighted by molar-refractivity contribution is -0.122. The van der Waals surface area contributed by atoms with Gasteiger partial charge in [-0.05, 0) is 51.4 Å². The summed E-state index contributed by atoms with van der Waals surface area (Å²) in [6.45, 7) is 6.15. The first kappa shape index (κ1) is 18.3. The molecule has 1 N–H and O–H groups in total. The van der Waals surface area contributed by atoms with Gasteiger partial charge in [-0.1, -0.05) is 12.1 Å². The number of nitrogens with one attached hydrogen (secondary N) is 1. The first-order valence-electron chi connectivity index (χ1n) is 8.50. The number of benzene rings is 1. The van der Waals surface area contributed by atoms with Gasteiger partial charge in [0.2, 0.25) is 5.91 Å². The fourth-order valence-corrected chi connectivity index (χ4v) is 2.69. The van der Waals surface area contributed by atoms with Crippen molar-refractivity contribution >= 4 is 5.91 Å². The van der Waals surface area contributed by atoms with E-state index in [2.05, 4.69) is 23.3 Å². The van der Waals surface area contributed by atoms with Crippen LogP contribution in [-0.2, 0) is 11.3 Å².